The van der Waals surface area contributed by atoms with Crippen LogP contribution in [0.3, 0.4) is 0 Å². The van der Waals surface area contributed by atoms with Gasteiger partial charge in [0.15, 0.2) is 0 Å². The maximum absolute atomic E-state index is 13.1. The van der Waals surface area contributed by atoms with Crippen LogP contribution in [0, 0.1) is 5.92 Å². The molecule has 1 saturated carbocycles. The van der Waals surface area contributed by atoms with Gasteiger partial charge in [-0.1, -0.05) is 6.42 Å². The molecule has 1 aliphatic carbocycles. The molecule has 24 heavy (non-hydrogen) atoms. The molecule has 2 aliphatic heterocycles. The first kappa shape index (κ1) is 16.1. The monoisotopic (exact) mass is 333 g/mol. The number of nitrogens with zero attached hydrogens (tertiary/aromatic N) is 3. The molecule has 1 amide bonds. The highest BCUT2D eigenvalue weighted by molar-refractivity contribution is 5.95. The summed E-state index contributed by atoms with van der Waals surface area (Å²) in [6, 6.07) is 0. The molecular weight excluding hydrogens is 306 g/mol. The van der Waals surface area contributed by atoms with Gasteiger partial charge in [-0.15, -0.1) is 0 Å². The fourth-order valence-corrected chi connectivity index (χ4v) is 4.07. The molecule has 1 aromatic rings. The van der Waals surface area contributed by atoms with Gasteiger partial charge >= 0.3 is 0 Å². The number of hydrogen-bond acceptors (Lipinski definition) is 4. The lowest BCUT2D eigenvalue weighted by Gasteiger charge is -2.40. The van der Waals surface area contributed by atoms with E-state index >= 15 is 0 Å². The Bertz CT molecular complexity index is 590. The van der Waals surface area contributed by atoms with E-state index in [0.717, 1.165) is 43.9 Å². The zero-order valence-corrected chi connectivity index (χ0v) is 14.4. The first-order chi connectivity index (χ1) is 11.7. The molecule has 1 atom stereocenters. The second kappa shape index (κ2) is 6.84. The highest BCUT2D eigenvalue weighted by Gasteiger charge is 2.35. The van der Waals surface area contributed by atoms with E-state index in [2.05, 4.69) is 5.10 Å². The number of ether oxygens (including phenoxy) is 2. The highest BCUT2D eigenvalue weighted by Crippen LogP contribution is 2.33. The summed E-state index contributed by atoms with van der Waals surface area (Å²) in [4.78, 5) is 15.1. The lowest BCUT2D eigenvalue weighted by molar-refractivity contribution is -0.0660. The second-order valence-corrected chi connectivity index (χ2v) is 7.34. The third-order valence-electron chi connectivity index (χ3n) is 5.75. The minimum absolute atomic E-state index is 0.122. The van der Waals surface area contributed by atoms with Crippen LogP contribution >= 0.6 is 0 Å². The Labute approximate surface area is 143 Å². The van der Waals surface area contributed by atoms with Crippen molar-refractivity contribution in [3.8, 4) is 0 Å². The summed E-state index contributed by atoms with van der Waals surface area (Å²) in [7, 11) is 1.90. The van der Waals surface area contributed by atoms with Crippen LogP contribution in [0.1, 0.15) is 54.1 Å². The van der Waals surface area contributed by atoms with Gasteiger partial charge in [-0.05, 0) is 31.6 Å². The number of morpholine rings is 1. The van der Waals surface area contributed by atoms with Gasteiger partial charge in [-0.25, -0.2) is 0 Å². The van der Waals surface area contributed by atoms with Crippen LogP contribution in [0.2, 0.25) is 0 Å². The second-order valence-electron chi connectivity index (χ2n) is 7.34. The molecular formula is C18H27N3O3. The van der Waals surface area contributed by atoms with Gasteiger partial charge in [0.1, 0.15) is 0 Å². The van der Waals surface area contributed by atoms with Crippen molar-refractivity contribution in [1.82, 2.24) is 14.7 Å². The minimum Gasteiger partial charge on any atom is -0.381 e. The summed E-state index contributed by atoms with van der Waals surface area (Å²) < 4.78 is 13.2. The van der Waals surface area contributed by atoms with Crippen molar-refractivity contribution in [3.63, 3.8) is 0 Å². The lowest BCUT2D eigenvalue weighted by atomic mass is 9.80. The third-order valence-corrected chi connectivity index (χ3v) is 5.75. The third kappa shape index (κ3) is 3.09. The average molecular weight is 333 g/mol. The first-order valence-corrected chi connectivity index (χ1v) is 9.24. The minimum atomic E-state index is 0.122. The molecule has 0 bridgehead atoms. The van der Waals surface area contributed by atoms with E-state index in [1.807, 2.05) is 18.1 Å². The SMILES string of the molecule is Cn1cc(C(=O)N2CCOC(C3CCC3)C2)c(C2CCOCC2)n1. The quantitative estimate of drug-likeness (QED) is 0.848. The van der Waals surface area contributed by atoms with Crippen molar-refractivity contribution in [2.24, 2.45) is 13.0 Å². The summed E-state index contributed by atoms with van der Waals surface area (Å²) in [6.45, 7) is 3.59. The Morgan fingerprint density at radius 3 is 2.71 bits per heavy atom. The van der Waals surface area contributed by atoms with E-state index in [9.17, 15) is 4.79 Å². The van der Waals surface area contributed by atoms with Crippen LogP contribution in [-0.4, -0.2) is 59.6 Å². The lowest BCUT2D eigenvalue weighted by Crippen LogP contribution is -2.49. The number of rotatable bonds is 3. The fourth-order valence-electron chi connectivity index (χ4n) is 4.07. The van der Waals surface area contributed by atoms with Crippen LogP contribution in [-0.2, 0) is 16.5 Å². The standard InChI is InChI=1S/C18H27N3O3/c1-20-11-15(17(19-20)14-5-8-23-9-6-14)18(22)21-7-10-24-16(12-21)13-3-2-4-13/h11,13-14,16H,2-10,12H2,1H3. The predicted molar refractivity (Wildman–Crippen MR) is 89.0 cm³/mol. The largest absolute Gasteiger partial charge is 0.381 e. The number of aromatic nitrogens is 2. The number of hydrogen-bond donors (Lipinski definition) is 0. The Morgan fingerprint density at radius 1 is 1.21 bits per heavy atom. The van der Waals surface area contributed by atoms with E-state index < -0.39 is 0 Å². The molecule has 0 radical (unpaired) electrons. The van der Waals surface area contributed by atoms with Crippen molar-refractivity contribution in [2.75, 3.05) is 32.9 Å². The van der Waals surface area contributed by atoms with Crippen molar-refractivity contribution in [3.05, 3.63) is 17.5 Å². The van der Waals surface area contributed by atoms with Gasteiger partial charge in [-0.2, -0.15) is 5.10 Å². The molecule has 3 heterocycles. The number of carbonyl (C=O) groups is 1. The molecule has 3 aliphatic rings. The van der Waals surface area contributed by atoms with Crippen molar-refractivity contribution < 1.29 is 14.3 Å². The summed E-state index contributed by atoms with van der Waals surface area (Å²) in [5, 5.41) is 4.61. The molecule has 3 fully saturated rings. The fraction of sp³-hybridized carbons (Fsp3) is 0.778. The molecule has 6 nitrogen and oxygen atoms in total. The van der Waals surface area contributed by atoms with Crippen LogP contribution in [0.25, 0.3) is 0 Å². The summed E-state index contributed by atoms with van der Waals surface area (Å²) in [5.74, 6) is 1.10. The number of amides is 1. The number of carbonyl (C=O) groups excluding carboxylic acids is 1. The van der Waals surface area contributed by atoms with E-state index in [4.69, 9.17) is 9.47 Å². The van der Waals surface area contributed by atoms with Gasteiger partial charge in [0.25, 0.3) is 5.91 Å². The molecule has 0 aromatic carbocycles. The Hall–Kier alpha value is -1.40. The number of aryl methyl sites for hydroxylation is 1. The summed E-state index contributed by atoms with van der Waals surface area (Å²) in [5.41, 5.74) is 1.73. The topological polar surface area (TPSA) is 56.6 Å². The van der Waals surface area contributed by atoms with Crippen LogP contribution < -0.4 is 0 Å². The maximum atomic E-state index is 13.1. The molecule has 2 saturated heterocycles. The van der Waals surface area contributed by atoms with Gasteiger partial charge in [0.2, 0.25) is 0 Å². The Kier molecular flexibility index (Phi) is 4.59. The van der Waals surface area contributed by atoms with Crippen molar-refractivity contribution >= 4 is 5.91 Å². The van der Waals surface area contributed by atoms with Gasteiger partial charge in [0.05, 0.1) is 24.0 Å². The van der Waals surface area contributed by atoms with Gasteiger partial charge in [0, 0.05) is 45.5 Å². The Morgan fingerprint density at radius 2 is 2.00 bits per heavy atom. The molecule has 6 heteroatoms. The van der Waals surface area contributed by atoms with Crippen molar-refractivity contribution in [1.29, 1.82) is 0 Å². The van der Waals surface area contributed by atoms with Crippen LogP contribution in [0.5, 0.6) is 0 Å². The molecule has 1 unspecified atom stereocenters. The highest BCUT2D eigenvalue weighted by atomic mass is 16.5. The molecule has 0 spiro atoms. The van der Waals surface area contributed by atoms with Gasteiger partial charge in [-0.3, -0.25) is 9.48 Å². The van der Waals surface area contributed by atoms with Crippen LogP contribution in [0.15, 0.2) is 6.20 Å². The Balaban J connectivity index is 1.51. The van der Waals surface area contributed by atoms with Gasteiger partial charge < -0.3 is 14.4 Å². The summed E-state index contributed by atoms with van der Waals surface area (Å²) in [6.07, 6.45) is 7.80. The zero-order valence-electron chi connectivity index (χ0n) is 14.4. The van der Waals surface area contributed by atoms with E-state index in [1.54, 1.807) is 4.68 Å². The summed E-state index contributed by atoms with van der Waals surface area (Å²) >= 11 is 0. The zero-order chi connectivity index (χ0) is 16.5. The molecule has 132 valence electrons. The average Bonchev–Trinajstić information content (AvgIpc) is 2.95. The molecule has 4 rings (SSSR count). The smallest absolute Gasteiger partial charge is 0.257 e. The molecule has 0 N–H and O–H groups in total. The van der Waals surface area contributed by atoms with E-state index in [1.165, 1.54) is 19.3 Å². The molecule has 1 aromatic heterocycles. The van der Waals surface area contributed by atoms with E-state index in [0.29, 0.717) is 25.0 Å². The van der Waals surface area contributed by atoms with Crippen molar-refractivity contribution in [2.45, 2.75) is 44.1 Å². The van der Waals surface area contributed by atoms with E-state index in [-0.39, 0.29) is 12.0 Å². The predicted octanol–water partition coefficient (Wildman–Crippen LogP) is 1.96. The maximum Gasteiger partial charge on any atom is 0.257 e. The first-order valence-electron chi connectivity index (χ1n) is 9.24. The normalized spacial score (nSPS) is 26.4. The van der Waals surface area contributed by atoms with Crippen LogP contribution in [0.4, 0.5) is 0 Å².